The first-order chi connectivity index (χ1) is 16.7. The Hall–Kier alpha value is -4.13. The molecule has 3 heterocycles. The molecule has 1 aromatic heterocycles. The Labute approximate surface area is 198 Å². The van der Waals surface area contributed by atoms with Gasteiger partial charge in [-0.1, -0.05) is 48.5 Å². The van der Waals surface area contributed by atoms with Crippen LogP contribution in [0.4, 0.5) is 5.82 Å². The minimum absolute atomic E-state index is 0.218. The number of hydrogen-bond acceptors (Lipinski definition) is 6. The van der Waals surface area contributed by atoms with Crippen molar-refractivity contribution in [3.05, 3.63) is 95.8 Å². The van der Waals surface area contributed by atoms with Crippen LogP contribution in [0.25, 0.3) is 5.57 Å². The van der Waals surface area contributed by atoms with E-state index in [1.807, 2.05) is 72.8 Å². The summed E-state index contributed by atoms with van der Waals surface area (Å²) in [5, 5.41) is 0. The van der Waals surface area contributed by atoms with Crippen molar-refractivity contribution in [2.75, 3.05) is 38.2 Å². The van der Waals surface area contributed by atoms with Gasteiger partial charge in [-0.15, -0.1) is 0 Å². The molecule has 0 saturated carbocycles. The molecule has 34 heavy (non-hydrogen) atoms. The van der Waals surface area contributed by atoms with Crippen LogP contribution in [0.5, 0.6) is 5.75 Å². The Morgan fingerprint density at radius 2 is 1.47 bits per heavy atom. The first-order valence-corrected chi connectivity index (χ1v) is 11.4. The van der Waals surface area contributed by atoms with Gasteiger partial charge in [0.15, 0.2) is 0 Å². The molecule has 0 N–H and O–H groups in total. The standard InChI is InChI=1S/C27H26N4O3/c1-34-22-12-10-20(11-13-22)19-31-26(32)24(21-7-3-2-4-8-21)25(27(31)33)30-17-15-29(16-18-30)23-9-5-6-14-28-23/h2-14H,15-19H2,1H3. The lowest BCUT2D eigenvalue weighted by atomic mass is 10.0. The fraction of sp³-hybridized carbons (Fsp3) is 0.222. The second kappa shape index (κ2) is 9.39. The lowest BCUT2D eigenvalue weighted by Gasteiger charge is -2.37. The lowest BCUT2D eigenvalue weighted by Crippen LogP contribution is -2.47. The molecule has 2 aromatic carbocycles. The van der Waals surface area contributed by atoms with Crippen LogP contribution in [-0.4, -0.2) is 59.9 Å². The fourth-order valence-corrected chi connectivity index (χ4v) is 4.48. The van der Waals surface area contributed by atoms with Gasteiger partial charge in [-0.3, -0.25) is 14.5 Å². The fourth-order valence-electron chi connectivity index (χ4n) is 4.48. The molecule has 3 aromatic rings. The summed E-state index contributed by atoms with van der Waals surface area (Å²) >= 11 is 0. The molecule has 1 fully saturated rings. The average molecular weight is 455 g/mol. The minimum Gasteiger partial charge on any atom is -0.497 e. The van der Waals surface area contributed by atoms with E-state index >= 15 is 0 Å². The number of rotatable bonds is 6. The maximum atomic E-state index is 13.6. The van der Waals surface area contributed by atoms with Gasteiger partial charge in [-0.05, 0) is 35.4 Å². The van der Waals surface area contributed by atoms with Crippen molar-refractivity contribution < 1.29 is 14.3 Å². The number of aromatic nitrogens is 1. The van der Waals surface area contributed by atoms with Crippen molar-refractivity contribution in [1.82, 2.24) is 14.8 Å². The van der Waals surface area contributed by atoms with E-state index in [0.717, 1.165) is 35.8 Å². The summed E-state index contributed by atoms with van der Waals surface area (Å²) in [6, 6.07) is 22.8. The van der Waals surface area contributed by atoms with Gasteiger partial charge in [0.25, 0.3) is 11.8 Å². The molecule has 2 aliphatic rings. The Morgan fingerprint density at radius 1 is 0.794 bits per heavy atom. The van der Waals surface area contributed by atoms with Gasteiger partial charge < -0.3 is 14.5 Å². The molecule has 2 amide bonds. The summed E-state index contributed by atoms with van der Waals surface area (Å²) in [6.07, 6.45) is 1.79. The molecule has 0 spiro atoms. The number of nitrogens with zero attached hydrogens (tertiary/aromatic N) is 4. The molecular weight excluding hydrogens is 428 g/mol. The molecule has 0 atom stereocenters. The SMILES string of the molecule is COc1ccc(CN2C(=O)C(c3ccccc3)=C(N3CCN(c4ccccn4)CC3)C2=O)cc1. The number of ether oxygens (including phenoxy) is 1. The monoisotopic (exact) mass is 454 g/mol. The number of imide groups is 1. The van der Waals surface area contributed by atoms with Gasteiger partial charge in [0, 0.05) is 32.4 Å². The van der Waals surface area contributed by atoms with Crippen LogP contribution in [0.2, 0.25) is 0 Å². The smallest absolute Gasteiger partial charge is 0.278 e. The van der Waals surface area contributed by atoms with Crippen LogP contribution in [0.1, 0.15) is 11.1 Å². The van der Waals surface area contributed by atoms with Crippen molar-refractivity contribution in [3.8, 4) is 5.75 Å². The number of methoxy groups -OCH3 is 1. The first kappa shape index (κ1) is 21.7. The number of carbonyl (C=O) groups is 2. The van der Waals surface area contributed by atoms with Crippen LogP contribution in [0.15, 0.2) is 84.7 Å². The molecular formula is C27H26N4O3. The number of benzene rings is 2. The maximum Gasteiger partial charge on any atom is 0.278 e. The predicted octanol–water partition coefficient (Wildman–Crippen LogP) is 3.19. The van der Waals surface area contributed by atoms with E-state index in [-0.39, 0.29) is 18.4 Å². The highest BCUT2D eigenvalue weighted by Gasteiger charge is 2.42. The molecule has 1 saturated heterocycles. The van der Waals surface area contributed by atoms with E-state index in [4.69, 9.17) is 4.74 Å². The highest BCUT2D eigenvalue weighted by Crippen LogP contribution is 2.33. The lowest BCUT2D eigenvalue weighted by molar-refractivity contribution is -0.138. The maximum absolute atomic E-state index is 13.6. The van der Waals surface area contributed by atoms with Gasteiger partial charge >= 0.3 is 0 Å². The molecule has 172 valence electrons. The van der Waals surface area contributed by atoms with Crippen LogP contribution < -0.4 is 9.64 Å². The summed E-state index contributed by atoms with van der Waals surface area (Å²) in [4.78, 5) is 37.2. The largest absolute Gasteiger partial charge is 0.497 e. The highest BCUT2D eigenvalue weighted by molar-refractivity contribution is 6.35. The van der Waals surface area contributed by atoms with Crippen LogP contribution in [0, 0.1) is 0 Å². The van der Waals surface area contributed by atoms with E-state index in [9.17, 15) is 9.59 Å². The van der Waals surface area contributed by atoms with Crippen LogP contribution in [-0.2, 0) is 16.1 Å². The molecule has 0 unspecified atom stereocenters. The van der Waals surface area contributed by atoms with Gasteiger partial charge in [0.2, 0.25) is 0 Å². The Kier molecular flexibility index (Phi) is 5.99. The van der Waals surface area contributed by atoms with Crippen molar-refractivity contribution in [1.29, 1.82) is 0 Å². The zero-order valence-corrected chi connectivity index (χ0v) is 19.1. The molecule has 7 nitrogen and oxygen atoms in total. The third-order valence-electron chi connectivity index (χ3n) is 6.27. The first-order valence-electron chi connectivity index (χ1n) is 11.4. The molecule has 0 bridgehead atoms. The molecule has 5 rings (SSSR count). The number of piperazine rings is 1. The summed E-state index contributed by atoms with van der Waals surface area (Å²) in [6.45, 7) is 2.94. The zero-order chi connectivity index (χ0) is 23.5. The van der Waals surface area contributed by atoms with E-state index in [0.29, 0.717) is 24.4 Å². The topological polar surface area (TPSA) is 66.0 Å². The number of pyridine rings is 1. The molecule has 0 aliphatic carbocycles. The zero-order valence-electron chi connectivity index (χ0n) is 19.1. The number of anilines is 1. The van der Waals surface area contributed by atoms with E-state index in [1.54, 1.807) is 13.3 Å². The van der Waals surface area contributed by atoms with Crippen LogP contribution in [0.3, 0.4) is 0 Å². The number of amides is 2. The summed E-state index contributed by atoms with van der Waals surface area (Å²) < 4.78 is 5.22. The van der Waals surface area contributed by atoms with Crippen LogP contribution >= 0.6 is 0 Å². The number of hydrogen-bond donors (Lipinski definition) is 0. The molecule has 0 radical (unpaired) electrons. The van der Waals surface area contributed by atoms with E-state index < -0.39 is 0 Å². The Morgan fingerprint density at radius 3 is 2.12 bits per heavy atom. The second-order valence-electron chi connectivity index (χ2n) is 8.30. The molecule has 7 heteroatoms. The molecule has 2 aliphatic heterocycles. The van der Waals surface area contributed by atoms with Crippen molar-refractivity contribution >= 4 is 23.2 Å². The van der Waals surface area contributed by atoms with Gasteiger partial charge in [-0.25, -0.2) is 4.98 Å². The highest BCUT2D eigenvalue weighted by atomic mass is 16.5. The summed E-state index contributed by atoms with van der Waals surface area (Å²) in [5.74, 6) is 1.16. The second-order valence-corrected chi connectivity index (χ2v) is 8.30. The average Bonchev–Trinajstić information content (AvgIpc) is 3.15. The van der Waals surface area contributed by atoms with Gasteiger partial charge in [0.1, 0.15) is 17.3 Å². The van der Waals surface area contributed by atoms with Gasteiger partial charge in [0.05, 0.1) is 19.2 Å². The predicted molar refractivity (Wildman–Crippen MR) is 130 cm³/mol. The van der Waals surface area contributed by atoms with E-state index in [1.165, 1.54) is 4.90 Å². The van der Waals surface area contributed by atoms with Crippen molar-refractivity contribution in [2.24, 2.45) is 0 Å². The quantitative estimate of drug-likeness (QED) is 0.533. The summed E-state index contributed by atoms with van der Waals surface area (Å²) in [7, 11) is 1.61. The van der Waals surface area contributed by atoms with Gasteiger partial charge in [-0.2, -0.15) is 0 Å². The van der Waals surface area contributed by atoms with E-state index in [2.05, 4.69) is 14.8 Å². The normalized spacial score (nSPS) is 16.4. The Balaban J connectivity index is 1.42. The summed E-state index contributed by atoms with van der Waals surface area (Å²) in [5.41, 5.74) is 2.60. The third kappa shape index (κ3) is 4.12. The van der Waals surface area contributed by atoms with Crippen molar-refractivity contribution in [3.63, 3.8) is 0 Å². The third-order valence-corrected chi connectivity index (χ3v) is 6.27. The Bertz CT molecular complexity index is 1200. The number of carbonyl (C=O) groups excluding carboxylic acids is 2. The minimum atomic E-state index is -0.255. The van der Waals surface area contributed by atoms with Crippen molar-refractivity contribution in [2.45, 2.75) is 6.54 Å².